The summed E-state index contributed by atoms with van der Waals surface area (Å²) in [6.07, 6.45) is 89.6. The highest BCUT2D eigenvalue weighted by atomic mass is 16.7. The lowest BCUT2D eigenvalue weighted by molar-refractivity contribution is -0.359. The molecule has 2 aliphatic rings. The molecule has 2 fully saturated rings. The van der Waals surface area contributed by atoms with E-state index in [0.29, 0.717) is 12.8 Å². The number of amides is 1. The molecule has 0 aromatic heterocycles. The molecule has 2 saturated heterocycles. The van der Waals surface area contributed by atoms with Gasteiger partial charge in [-0.25, -0.2) is 0 Å². The van der Waals surface area contributed by atoms with Gasteiger partial charge in [-0.3, -0.25) is 4.79 Å². The first-order valence-corrected chi connectivity index (χ1v) is 41.9. The first-order valence-electron chi connectivity index (χ1n) is 41.9. The molecule has 0 bridgehead atoms. The van der Waals surface area contributed by atoms with Gasteiger partial charge in [0.1, 0.15) is 48.8 Å². The maximum Gasteiger partial charge on any atom is 0.220 e. The molecular weight excluding hydrogens is 1290 g/mol. The van der Waals surface area contributed by atoms with Crippen LogP contribution in [0.2, 0.25) is 0 Å². The minimum atomic E-state index is -1.80. The Labute approximate surface area is 628 Å². The van der Waals surface area contributed by atoms with Crippen molar-refractivity contribution in [1.29, 1.82) is 0 Å². The van der Waals surface area contributed by atoms with Crippen molar-refractivity contribution in [3.05, 3.63) is 134 Å². The van der Waals surface area contributed by atoms with Gasteiger partial charge in [0.25, 0.3) is 0 Å². The molecule has 0 aromatic rings. The van der Waals surface area contributed by atoms with E-state index in [1.807, 2.05) is 6.08 Å². The maximum absolute atomic E-state index is 13.4. The third-order valence-electron chi connectivity index (χ3n) is 19.6. The molecule has 592 valence electrons. The summed E-state index contributed by atoms with van der Waals surface area (Å²) in [7, 11) is 0. The Morgan fingerprint density at radius 3 is 1.07 bits per heavy atom. The molecular formula is C89H153NO13. The van der Waals surface area contributed by atoms with Gasteiger partial charge >= 0.3 is 0 Å². The number of ether oxygens (including phenoxy) is 4. The van der Waals surface area contributed by atoms with Crippen molar-refractivity contribution in [3.63, 3.8) is 0 Å². The van der Waals surface area contributed by atoms with Crippen molar-refractivity contribution >= 4 is 5.91 Å². The van der Waals surface area contributed by atoms with E-state index in [1.165, 1.54) is 199 Å². The fourth-order valence-electron chi connectivity index (χ4n) is 13.0. The van der Waals surface area contributed by atoms with Crippen LogP contribution < -0.4 is 5.32 Å². The van der Waals surface area contributed by atoms with Crippen molar-refractivity contribution in [2.45, 2.75) is 402 Å². The molecule has 12 unspecified atom stereocenters. The summed E-state index contributed by atoms with van der Waals surface area (Å²) >= 11 is 0. The molecule has 0 saturated carbocycles. The molecule has 12 atom stereocenters. The van der Waals surface area contributed by atoms with Gasteiger partial charge in [-0.1, -0.05) is 353 Å². The maximum atomic E-state index is 13.4. The zero-order valence-corrected chi connectivity index (χ0v) is 65.0. The fraction of sp³-hybridized carbons (Fsp3) is 0.742. The molecule has 9 N–H and O–H groups in total. The Morgan fingerprint density at radius 1 is 0.359 bits per heavy atom. The summed E-state index contributed by atoms with van der Waals surface area (Å²) < 4.78 is 22.9. The molecule has 14 nitrogen and oxygen atoms in total. The summed E-state index contributed by atoms with van der Waals surface area (Å²) in [4.78, 5) is 13.4. The van der Waals surface area contributed by atoms with Gasteiger partial charge in [0, 0.05) is 6.42 Å². The largest absolute Gasteiger partial charge is 0.394 e. The third-order valence-corrected chi connectivity index (χ3v) is 19.6. The summed E-state index contributed by atoms with van der Waals surface area (Å²) in [5, 5.41) is 87.7. The molecule has 0 spiro atoms. The lowest BCUT2D eigenvalue weighted by Gasteiger charge is -2.46. The number of carbonyl (C=O) groups excluding carboxylic acids is 1. The van der Waals surface area contributed by atoms with E-state index in [0.717, 1.165) is 96.3 Å². The SMILES string of the molecule is CC/C=C\C/C=C\C/C=C\C/C=C\C/C=C\C/C=C\C/C=C\C/C=C\C/C=C\CCCCCCCCCCCCCC(=O)NC(COC1OC(CO)C(OC2OC(CO)C(O)C(O)C2O)C(O)C1O)C(O)/C=C/CC/C=C/CCCCCCCCCCCCCCCCCCCCCCCCCC. The first kappa shape index (κ1) is 95.2. The van der Waals surface area contributed by atoms with E-state index in [-0.39, 0.29) is 18.9 Å². The summed E-state index contributed by atoms with van der Waals surface area (Å²) in [6, 6.07) is -0.944. The average molecular weight is 1450 g/mol. The van der Waals surface area contributed by atoms with Crippen LogP contribution in [0.1, 0.15) is 328 Å². The molecule has 1 amide bonds. The number of nitrogens with one attached hydrogen (secondary N) is 1. The second kappa shape index (κ2) is 71.1. The zero-order valence-electron chi connectivity index (χ0n) is 65.0. The highest BCUT2D eigenvalue weighted by Gasteiger charge is 2.51. The number of unbranched alkanes of at least 4 members (excludes halogenated alkanes) is 36. The van der Waals surface area contributed by atoms with Crippen LogP contribution in [0.3, 0.4) is 0 Å². The monoisotopic (exact) mass is 1440 g/mol. The molecule has 0 aliphatic carbocycles. The van der Waals surface area contributed by atoms with Gasteiger partial charge in [0.15, 0.2) is 12.6 Å². The molecule has 2 aliphatic heterocycles. The Bertz CT molecular complexity index is 2250. The predicted octanol–water partition coefficient (Wildman–Crippen LogP) is 19.7. The lowest BCUT2D eigenvalue weighted by atomic mass is 9.97. The van der Waals surface area contributed by atoms with Crippen molar-refractivity contribution in [2.75, 3.05) is 19.8 Å². The zero-order chi connectivity index (χ0) is 74.4. The van der Waals surface area contributed by atoms with Gasteiger partial charge in [-0.15, -0.1) is 0 Å². The van der Waals surface area contributed by atoms with E-state index in [2.05, 4.69) is 141 Å². The van der Waals surface area contributed by atoms with Crippen LogP contribution in [0.15, 0.2) is 134 Å². The number of hydrogen-bond donors (Lipinski definition) is 9. The second-order valence-electron chi connectivity index (χ2n) is 28.9. The van der Waals surface area contributed by atoms with Crippen LogP contribution in [0, 0.1) is 0 Å². The smallest absolute Gasteiger partial charge is 0.220 e. The number of hydrogen-bond acceptors (Lipinski definition) is 13. The van der Waals surface area contributed by atoms with Gasteiger partial charge in [-0.05, 0) is 103 Å². The summed E-state index contributed by atoms with van der Waals surface area (Å²) in [5.74, 6) is -0.254. The number of rotatable bonds is 69. The normalized spacial score (nSPS) is 22.3. The highest BCUT2D eigenvalue weighted by molar-refractivity contribution is 5.76. The van der Waals surface area contributed by atoms with E-state index in [9.17, 15) is 45.6 Å². The van der Waals surface area contributed by atoms with Gasteiger partial charge < -0.3 is 65.1 Å². The molecule has 14 heteroatoms. The number of aliphatic hydroxyl groups excluding tert-OH is 8. The van der Waals surface area contributed by atoms with Crippen LogP contribution in [0.5, 0.6) is 0 Å². The van der Waals surface area contributed by atoms with Crippen LogP contribution >= 0.6 is 0 Å². The quantitative estimate of drug-likeness (QED) is 0.0204. The van der Waals surface area contributed by atoms with E-state index in [4.69, 9.17) is 18.9 Å². The van der Waals surface area contributed by atoms with Crippen LogP contribution in [-0.4, -0.2) is 140 Å². The Balaban J connectivity index is 1.63. The van der Waals surface area contributed by atoms with E-state index < -0.39 is 86.8 Å². The number of carbonyl (C=O) groups is 1. The summed E-state index contributed by atoms with van der Waals surface area (Å²) in [5.41, 5.74) is 0. The fourth-order valence-corrected chi connectivity index (χ4v) is 13.0. The minimum absolute atomic E-state index is 0.254. The molecule has 2 heterocycles. The average Bonchev–Trinajstić information content (AvgIpc) is 0.791. The Hall–Kier alpha value is -3.87. The Kier molecular flexibility index (Phi) is 65.7. The van der Waals surface area contributed by atoms with Crippen LogP contribution in [-0.2, 0) is 23.7 Å². The number of aliphatic hydroxyl groups is 8. The topological polar surface area (TPSA) is 228 Å². The Morgan fingerprint density at radius 2 is 0.680 bits per heavy atom. The third kappa shape index (κ3) is 53.6. The van der Waals surface area contributed by atoms with Crippen molar-refractivity contribution in [1.82, 2.24) is 5.32 Å². The molecule has 0 aromatic carbocycles. The standard InChI is InChI=1S/C89H153NO13/c1-3-5-7-9-11-13-15-17-19-21-23-25-27-29-31-33-35-36-37-38-39-40-41-42-43-45-47-49-51-53-55-57-59-61-63-65-67-69-71-73-81(94)90-77(76-100-88-86(99)84(97)87(80(75-92)102-88)103-89-85(98)83(96)82(95)79(74-91)101-89)78(93)72-70-68-66-64-62-60-58-56-54-52-50-48-46-44-34-32-30-28-26-24-22-20-18-16-14-12-10-8-6-4-2/h5,7,11,13,17,19,23,25,29,31,35-36,38-39,41-42,45,47,62,64,70,72,77-80,82-89,91-93,95-99H,3-4,6,8-10,12,14-16,18,20-22,24,26-28,30,32-34,37,40,43-44,46,48-61,63,65-69,71,73-76H2,1-2H3,(H,90,94)/b7-5-,13-11-,19-17-,25-23-,31-29-,36-35-,39-38-,42-41-,47-45-,64-62+,72-70+. The van der Waals surface area contributed by atoms with Crippen molar-refractivity contribution in [3.8, 4) is 0 Å². The summed E-state index contributed by atoms with van der Waals surface area (Å²) in [6.45, 7) is 2.70. The molecule has 2 rings (SSSR count). The van der Waals surface area contributed by atoms with Crippen molar-refractivity contribution < 1.29 is 64.6 Å². The molecule has 103 heavy (non-hydrogen) atoms. The number of allylic oxidation sites excluding steroid dienone is 21. The van der Waals surface area contributed by atoms with Crippen LogP contribution in [0.4, 0.5) is 0 Å². The first-order chi connectivity index (χ1) is 50.6. The molecule has 0 radical (unpaired) electrons. The van der Waals surface area contributed by atoms with Gasteiger partial charge in [0.2, 0.25) is 5.91 Å². The van der Waals surface area contributed by atoms with Crippen LogP contribution in [0.25, 0.3) is 0 Å². The highest BCUT2D eigenvalue weighted by Crippen LogP contribution is 2.30. The second-order valence-corrected chi connectivity index (χ2v) is 28.9. The van der Waals surface area contributed by atoms with Crippen molar-refractivity contribution in [2.24, 2.45) is 0 Å². The lowest BCUT2D eigenvalue weighted by Crippen LogP contribution is -2.65. The van der Waals surface area contributed by atoms with E-state index >= 15 is 0 Å². The van der Waals surface area contributed by atoms with E-state index in [1.54, 1.807) is 6.08 Å². The van der Waals surface area contributed by atoms with Gasteiger partial charge in [-0.2, -0.15) is 0 Å². The minimum Gasteiger partial charge on any atom is -0.394 e. The predicted molar refractivity (Wildman–Crippen MR) is 428 cm³/mol. The van der Waals surface area contributed by atoms with Gasteiger partial charge in [0.05, 0.1) is 32.0 Å².